The van der Waals surface area contributed by atoms with Crippen molar-refractivity contribution in [2.75, 3.05) is 0 Å². The molecule has 1 spiro atoms. The number of carbonyl (C=O) groups is 1. The van der Waals surface area contributed by atoms with Gasteiger partial charge in [0.1, 0.15) is 0 Å². The van der Waals surface area contributed by atoms with E-state index in [9.17, 15) is 18.0 Å². The van der Waals surface area contributed by atoms with E-state index in [0.29, 0.717) is 18.8 Å². The van der Waals surface area contributed by atoms with Gasteiger partial charge in [-0.2, -0.15) is 13.2 Å². The van der Waals surface area contributed by atoms with Crippen LogP contribution >= 0.6 is 0 Å². The van der Waals surface area contributed by atoms with Crippen molar-refractivity contribution >= 4 is 5.97 Å². The summed E-state index contributed by atoms with van der Waals surface area (Å²) in [5, 5.41) is 0. The lowest BCUT2D eigenvalue weighted by atomic mass is 9.58. The predicted octanol–water partition coefficient (Wildman–Crippen LogP) is 3.30. The topological polar surface area (TPSA) is 63.2 Å². The fraction of sp³-hybridized carbons (Fsp3) is 0.941. The van der Waals surface area contributed by atoms with Gasteiger partial charge >= 0.3 is 12.1 Å². The van der Waals surface area contributed by atoms with Crippen molar-refractivity contribution in [2.45, 2.75) is 76.6 Å². The molecule has 5 aliphatic rings. The number of halogens is 3. The third kappa shape index (κ3) is 2.58. The molecule has 0 N–H and O–H groups in total. The van der Waals surface area contributed by atoms with Crippen molar-refractivity contribution in [1.82, 2.24) is 0 Å². The fourth-order valence-corrected chi connectivity index (χ4v) is 5.18. The highest BCUT2D eigenvalue weighted by Crippen LogP contribution is 2.60. The van der Waals surface area contributed by atoms with Crippen LogP contribution in [-0.2, 0) is 28.8 Å². The van der Waals surface area contributed by atoms with Gasteiger partial charge in [-0.3, -0.25) is 0 Å². The van der Waals surface area contributed by atoms with E-state index in [4.69, 9.17) is 19.2 Å². The van der Waals surface area contributed by atoms with Gasteiger partial charge in [0, 0.05) is 18.3 Å². The second-order valence-corrected chi connectivity index (χ2v) is 8.18. The highest BCUT2D eigenvalue weighted by atomic mass is 19.4. The summed E-state index contributed by atoms with van der Waals surface area (Å²) < 4.78 is 54.3. The van der Waals surface area contributed by atoms with Crippen LogP contribution in [0.3, 0.4) is 0 Å². The van der Waals surface area contributed by atoms with Gasteiger partial charge in [-0.1, -0.05) is 13.8 Å². The quantitative estimate of drug-likeness (QED) is 0.514. The van der Waals surface area contributed by atoms with Gasteiger partial charge in [0.05, 0.1) is 0 Å². The molecule has 0 aromatic carbocycles. The van der Waals surface area contributed by atoms with Crippen molar-refractivity contribution in [3.8, 4) is 0 Å². The van der Waals surface area contributed by atoms with Crippen LogP contribution in [0.5, 0.6) is 0 Å². The average molecular weight is 380 g/mol. The smallest absolute Gasteiger partial charge is 0.429 e. The first kappa shape index (κ1) is 18.5. The summed E-state index contributed by atoms with van der Waals surface area (Å²) in [6.07, 6.45) is -4.33. The van der Waals surface area contributed by atoms with Gasteiger partial charge in [-0.25, -0.2) is 14.6 Å². The highest BCUT2D eigenvalue weighted by Gasteiger charge is 2.70. The van der Waals surface area contributed by atoms with Crippen molar-refractivity contribution < 1.29 is 42.0 Å². The van der Waals surface area contributed by atoms with Crippen LogP contribution in [-0.4, -0.2) is 36.1 Å². The Labute approximate surface area is 149 Å². The first-order chi connectivity index (χ1) is 12.1. The van der Waals surface area contributed by atoms with E-state index in [-0.39, 0.29) is 11.8 Å². The van der Waals surface area contributed by atoms with Crippen LogP contribution in [0.4, 0.5) is 13.2 Å². The Hall–Kier alpha value is -0.900. The summed E-state index contributed by atoms with van der Waals surface area (Å²) >= 11 is 0. The standard InChI is InChI=1S/C17H23F3O6/c1-8-4-5-11-9(2)12(22-13(21)17(18,19)20)23-14-16(11)10(8)6-7-15(3,24-14)25-26-16/h8-12,14H,4-7H2,1-3H3/t8-,9-,10+,11+,12?,14-,15?,16-/m1/s1. The maximum absolute atomic E-state index is 12.6. The molecule has 9 heteroatoms. The van der Waals surface area contributed by atoms with Crippen molar-refractivity contribution in [2.24, 2.45) is 23.7 Å². The summed E-state index contributed by atoms with van der Waals surface area (Å²) in [5.74, 6) is -3.54. The van der Waals surface area contributed by atoms with E-state index in [1.807, 2.05) is 0 Å². The Kier molecular flexibility index (Phi) is 4.12. The molecule has 0 amide bonds. The van der Waals surface area contributed by atoms with Crippen molar-refractivity contribution in [3.05, 3.63) is 0 Å². The van der Waals surface area contributed by atoms with E-state index in [1.165, 1.54) is 0 Å². The molecule has 1 saturated carbocycles. The molecule has 5 fully saturated rings. The minimum absolute atomic E-state index is 0.0947. The van der Waals surface area contributed by atoms with Gasteiger partial charge < -0.3 is 14.2 Å². The molecule has 2 bridgehead atoms. The Balaban J connectivity index is 1.67. The summed E-state index contributed by atoms with van der Waals surface area (Å²) in [6, 6.07) is 0. The molecule has 148 valence electrons. The van der Waals surface area contributed by atoms with Gasteiger partial charge in [0.2, 0.25) is 12.1 Å². The molecule has 0 radical (unpaired) electrons. The van der Waals surface area contributed by atoms with Crippen LogP contribution < -0.4 is 0 Å². The van der Waals surface area contributed by atoms with Crippen molar-refractivity contribution in [3.63, 3.8) is 0 Å². The van der Waals surface area contributed by atoms with E-state index in [0.717, 1.165) is 12.8 Å². The van der Waals surface area contributed by atoms with Crippen molar-refractivity contribution in [1.29, 1.82) is 0 Å². The van der Waals surface area contributed by atoms with Crippen LogP contribution in [0, 0.1) is 23.7 Å². The molecule has 0 aromatic rings. The summed E-state index contributed by atoms with van der Waals surface area (Å²) in [6.45, 7) is 5.57. The largest absolute Gasteiger partial charge is 0.491 e. The molecule has 0 aromatic heterocycles. The van der Waals surface area contributed by atoms with Gasteiger partial charge in [-0.15, -0.1) is 0 Å². The minimum atomic E-state index is -5.07. The van der Waals surface area contributed by atoms with Gasteiger partial charge in [0.25, 0.3) is 0 Å². The number of ether oxygens (including phenoxy) is 3. The molecule has 4 aliphatic heterocycles. The molecule has 1 aliphatic carbocycles. The molecule has 4 saturated heterocycles. The maximum Gasteiger partial charge on any atom is 0.491 e. The Morgan fingerprint density at radius 3 is 2.54 bits per heavy atom. The maximum atomic E-state index is 12.6. The minimum Gasteiger partial charge on any atom is -0.429 e. The van der Waals surface area contributed by atoms with Crippen LogP contribution in [0.25, 0.3) is 0 Å². The lowest BCUT2D eigenvalue weighted by molar-refractivity contribution is -0.576. The van der Waals surface area contributed by atoms with Crippen LogP contribution in [0.15, 0.2) is 0 Å². The van der Waals surface area contributed by atoms with E-state index >= 15 is 0 Å². The van der Waals surface area contributed by atoms with E-state index < -0.39 is 42.0 Å². The number of hydrogen-bond donors (Lipinski definition) is 0. The Bertz CT molecular complexity index is 598. The first-order valence-corrected chi connectivity index (χ1v) is 9.05. The molecule has 2 unspecified atom stereocenters. The Morgan fingerprint density at radius 1 is 1.12 bits per heavy atom. The normalized spacial score (nSPS) is 50.7. The van der Waals surface area contributed by atoms with Gasteiger partial charge in [-0.05, 0) is 38.0 Å². The zero-order valence-electron chi connectivity index (χ0n) is 14.9. The van der Waals surface area contributed by atoms with E-state index in [2.05, 4.69) is 11.7 Å². The molecule has 8 atom stereocenters. The number of rotatable bonds is 1. The fourth-order valence-electron chi connectivity index (χ4n) is 5.18. The third-order valence-corrected chi connectivity index (χ3v) is 6.55. The molecule has 4 heterocycles. The average Bonchev–Trinajstić information content (AvgIpc) is 2.77. The molecular formula is C17H23F3O6. The Morgan fingerprint density at radius 2 is 1.85 bits per heavy atom. The number of esters is 1. The van der Waals surface area contributed by atoms with E-state index in [1.54, 1.807) is 13.8 Å². The first-order valence-electron chi connectivity index (χ1n) is 9.05. The second-order valence-electron chi connectivity index (χ2n) is 8.18. The monoisotopic (exact) mass is 380 g/mol. The van der Waals surface area contributed by atoms with Crippen LogP contribution in [0.2, 0.25) is 0 Å². The number of fused-ring (bicyclic) bond motifs is 2. The predicted molar refractivity (Wildman–Crippen MR) is 79.0 cm³/mol. The van der Waals surface area contributed by atoms with Gasteiger partial charge in [0.15, 0.2) is 11.9 Å². The summed E-state index contributed by atoms with van der Waals surface area (Å²) in [4.78, 5) is 22.8. The second kappa shape index (κ2) is 5.80. The number of carbonyl (C=O) groups excluding carboxylic acids is 1. The highest BCUT2D eigenvalue weighted by molar-refractivity contribution is 5.75. The zero-order valence-corrected chi connectivity index (χ0v) is 14.9. The molecule has 5 rings (SSSR count). The SMILES string of the molecule is C[C@@H]1CC[C@H]2[C@@H](C)C(OC(=O)C(F)(F)F)O[C@@H]3OC4(C)CC[C@@H]1[C@]32OO4. The lowest BCUT2D eigenvalue weighted by Gasteiger charge is -2.59. The summed E-state index contributed by atoms with van der Waals surface area (Å²) in [7, 11) is 0. The van der Waals surface area contributed by atoms with Crippen LogP contribution in [0.1, 0.15) is 46.5 Å². The number of alkyl halides is 3. The number of hydrogen-bond acceptors (Lipinski definition) is 6. The third-order valence-electron chi connectivity index (χ3n) is 6.55. The lowest BCUT2D eigenvalue weighted by Crippen LogP contribution is -2.70. The molecule has 26 heavy (non-hydrogen) atoms. The zero-order chi connectivity index (χ0) is 18.9. The molecular weight excluding hydrogens is 357 g/mol. The molecule has 6 nitrogen and oxygen atoms in total. The summed E-state index contributed by atoms with van der Waals surface area (Å²) in [5.41, 5.74) is -0.895.